The minimum absolute atomic E-state index is 0.0538. The van der Waals surface area contributed by atoms with E-state index in [1.165, 1.54) is 18.3 Å². The second-order valence-electron chi connectivity index (χ2n) is 5.49. The Morgan fingerprint density at radius 1 is 1.12 bits per heavy atom. The molecule has 7 heteroatoms. The van der Waals surface area contributed by atoms with Crippen molar-refractivity contribution < 1.29 is 13.9 Å². The molecular formula is C19H13FN4O2. The molecule has 0 bridgehead atoms. The van der Waals surface area contributed by atoms with Gasteiger partial charge in [0, 0.05) is 36.5 Å². The zero-order valence-corrected chi connectivity index (χ0v) is 13.4. The van der Waals surface area contributed by atoms with Gasteiger partial charge in [0.15, 0.2) is 11.6 Å². The Labute approximate surface area is 147 Å². The molecule has 0 aliphatic heterocycles. The molecule has 0 spiro atoms. The van der Waals surface area contributed by atoms with Crippen molar-refractivity contribution in [3.63, 3.8) is 0 Å². The molecule has 4 rings (SSSR count). The highest BCUT2D eigenvalue weighted by atomic mass is 19.1. The van der Waals surface area contributed by atoms with E-state index in [9.17, 15) is 9.18 Å². The number of halogens is 1. The summed E-state index contributed by atoms with van der Waals surface area (Å²) in [6.45, 7) is 0. The van der Waals surface area contributed by atoms with Crippen molar-refractivity contribution in [2.75, 3.05) is 5.32 Å². The Kier molecular flexibility index (Phi) is 4.03. The zero-order chi connectivity index (χ0) is 17.9. The van der Waals surface area contributed by atoms with Gasteiger partial charge in [-0.25, -0.2) is 9.37 Å². The first kappa shape index (κ1) is 15.8. The lowest BCUT2D eigenvalue weighted by molar-refractivity contribution is 0.102. The molecule has 26 heavy (non-hydrogen) atoms. The number of anilines is 1. The van der Waals surface area contributed by atoms with Crippen LogP contribution in [0.1, 0.15) is 10.4 Å². The third kappa shape index (κ3) is 3.10. The number of ether oxygens (including phenoxy) is 1. The minimum atomic E-state index is -0.588. The summed E-state index contributed by atoms with van der Waals surface area (Å²) >= 11 is 0. The number of aromatic amines is 1. The average Bonchev–Trinajstić information content (AvgIpc) is 3.14. The van der Waals surface area contributed by atoms with Gasteiger partial charge in [-0.2, -0.15) is 0 Å². The number of carbonyl (C=O) groups is 1. The number of fused-ring (bicyclic) bond motifs is 1. The van der Waals surface area contributed by atoms with E-state index in [1.54, 1.807) is 48.9 Å². The van der Waals surface area contributed by atoms with Crippen molar-refractivity contribution in [3.05, 3.63) is 78.6 Å². The average molecular weight is 348 g/mol. The van der Waals surface area contributed by atoms with Crippen LogP contribution in [0.15, 0.2) is 67.3 Å². The molecule has 0 saturated heterocycles. The number of nitrogens with zero attached hydrogens (tertiary/aromatic N) is 2. The fraction of sp³-hybridized carbons (Fsp3) is 0. The molecule has 0 fully saturated rings. The highest BCUT2D eigenvalue weighted by Crippen LogP contribution is 2.31. The van der Waals surface area contributed by atoms with Crippen LogP contribution in [0.2, 0.25) is 0 Å². The summed E-state index contributed by atoms with van der Waals surface area (Å²) in [5.74, 6) is -0.413. The summed E-state index contributed by atoms with van der Waals surface area (Å²) < 4.78 is 20.1. The lowest BCUT2D eigenvalue weighted by Gasteiger charge is -2.10. The SMILES string of the molecule is O=C(Nc1ccc(Oc2ccnc3[nH]ccc23)c(F)c1)c1cccnc1. The molecule has 0 unspecified atom stereocenters. The number of aromatic nitrogens is 3. The van der Waals surface area contributed by atoms with Gasteiger partial charge in [0.25, 0.3) is 5.91 Å². The Morgan fingerprint density at radius 3 is 2.85 bits per heavy atom. The van der Waals surface area contributed by atoms with Crippen molar-refractivity contribution in [1.82, 2.24) is 15.0 Å². The molecule has 0 aliphatic rings. The zero-order valence-electron chi connectivity index (χ0n) is 13.4. The van der Waals surface area contributed by atoms with Gasteiger partial charge in [-0.15, -0.1) is 0 Å². The smallest absolute Gasteiger partial charge is 0.257 e. The van der Waals surface area contributed by atoms with Crippen LogP contribution in [-0.2, 0) is 0 Å². The van der Waals surface area contributed by atoms with E-state index < -0.39 is 5.82 Å². The number of carbonyl (C=O) groups excluding carboxylic acids is 1. The Bertz CT molecular complexity index is 1080. The van der Waals surface area contributed by atoms with Gasteiger partial charge in [-0.3, -0.25) is 9.78 Å². The van der Waals surface area contributed by atoms with E-state index >= 15 is 0 Å². The van der Waals surface area contributed by atoms with E-state index in [2.05, 4.69) is 20.3 Å². The van der Waals surface area contributed by atoms with Crippen LogP contribution >= 0.6 is 0 Å². The molecule has 0 saturated carbocycles. The summed E-state index contributed by atoms with van der Waals surface area (Å²) in [6.07, 6.45) is 6.32. The maximum Gasteiger partial charge on any atom is 0.257 e. The second kappa shape index (κ2) is 6.64. The third-order valence-electron chi connectivity index (χ3n) is 3.75. The van der Waals surface area contributed by atoms with Crippen molar-refractivity contribution in [3.8, 4) is 11.5 Å². The fourth-order valence-corrected chi connectivity index (χ4v) is 2.50. The van der Waals surface area contributed by atoms with E-state index in [0.717, 1.165) is 5.39 Å². The first-order chi connectivity index (χ1) is 12.7. The summed E-state index contributed by atoms with van der Waals surface area (Å²) in [6, 6.07) is 11.0. The standard InChI is InChI=1S/C19H13FN4O2/c20-15-10-13(24-19(25)12-2-1-7-21-11-12)3-4-17(15)26-16-6-9-23-18-14(16)5-8-22-18/h1-11H,(H,22,23)(H,24,25). The number of rotatable bonds is 4. The van der Waals surface area contributed by atoms with Gasteiger partial charge in [0.2, 0.25) is 0 Å². The summed E-state index contributed by atoms with van der Waals surface area (Å²) in [4.78, 5) is 23.1. The molecule has 2 N–H and O–H groups in total. The second-order valence-corrected chi connectivity index (χ2v) is 5.49. The fourth-order valence-electron chi connectivity index (χ4n) is 2.50. The van der Waals surface area contributed by atoms with Crippen LogP contribution in [-0.4, -0.2) is 20.9 Å². The quantitative estimate of drug-likeness (QED) is 0.581. The Balaban J connectivity index is 1.55. The number of nitrogens with one attached hydrogen (secondary N) is 2. The first-order valence-electron chi connectivity index (χ1n) is 7.81. The van der Waals surface area contributed by atoms with Crippen molar-refractivity contribution >= 4 is 22.6 Å². The molecule has 1 amide bonds. The van der Waals surface area contributed by atoms with Crippen LogP contribution in [0, 0.1) is 5.82 Å². The molecule has 0 aliphatic carbocycles. The molecule has 0 atom stereocenters. The maximum atomic E-state index is 14.4. The minimum Gasteiger partial charge on any atom is -0.453 e. The Hall–Kier alpha value is -3.74. The van der Waals surface area contributed by atoms with Crippen LogP contribution in [0.25, 0.3) is 11.0 Å². The number of hydrogen-bond donors (Lipinski definition) is 2. The van der Waals surface area contributed by atoms with Gasteiger partial charge in [0.1, 0.15) is 11.4 Å². The molecule has 6 nitrogen and oxygen atoms in total. The molecular weight excluding hydrogens is 335 g/mol. The largest absolute Gasteiger partial charge is 0.453 e. The van der Waals surface area contributed by atoms with Crippen LogP contribution < -0.4 is 10.1 Å². The molecule has 1 aromatic carbocycles. The van der Waals surface area contributed by atoms with Gasteiger partial charge < -0.3 is 15.0 Å². The van der Waals surface area contributed by atoms with Crippen molar-refractivity contribution in [2.24, 2.45) is 0 Å². The maximum absolute atomic E-state index is 14.4. The highest BCUT2D eigenvalue weighted by molar-refractivity contribution is 6.04. The van der Waals surface area contributed by atoms with E-state index in [0.29, 0.717) is 22.6 Å². The number of hydrogen-bond acceptors (Lipinski definition) is 4. The molecule has 4 aromatic rings. The van der Waals surface area contributed by atoms with E-state index in [-0.39, 0.29) is 11.7 Å². The normalized spacial score (nSPS) is 10.7. The Morgan fingerprint density at radius 2 is 2.04 bits per heavy atom. The topological polar surface area (TPSA) is 79.9 Å². The lowest BCUT2D eigenvalue weighted by Crippen LogP contribution is -2.12. The third-order valence-corrected chi connectivity index (χ3v) is 3.75. The van der Waals surface area contributed by atoms with Crippen LogP contribution in [0.4, 0.5) is 10.1 Å². The highest BCUT2D eigenvalue weighted by Gasteiger charge is 2.11. The van der Waals surface area contributed by atoms with Gasteiger partial charge >= 0.3 is 0 Å². The summed E-state index contributed by atoms with van der Waals surface area (Å²) in [7, 11) is 0. The van der Waals surface area contributed by atoms with Crippen LogP contribution in [0.3, 0.4) is 0 Å². The molecule has 128 valence electrons. The van der Waals surface area contributed by atoms with Gasteiger partial charge in [-0.1, -0.05) is 0 Å². The van der Waals surface area contributed by atoms with Crippen molar-refractivity contribution in [1.29, 1.82) is 0 Å². The predicted octanol–water partition coefficient (Wildman–Crippen LogP) is 4.14. The summed E-state index contributed by atoms with van der Waals surface area (Å²) in [5.41, 5.74) is 1.37. The summed E-state index contributed by atoms with van der Waals surface area (Å²) in [5, 5.41) is 3.38. The van der Waals surface area contributed by atoms with Gasteiger partial charge in [-0.05, 0) is 36.4 Å². The number of benzene rings is 1. The van der Waals surface area contributed by atoms with E-state index in [4.69, 9.17) is 4.74 Å². The molecule has 3 aromatic heterocycles. The van der Waals surface area contributed by atoms with E-state index in [1.807, 2.05) is 0 Å². The number of H-pyrrole nitrogens is 1. The monoisotopic (exact) mass is 348 g/mol. The number of pyridine rings is 2. The van der Waals surface area contributed by atoms with Gasteiger partial charge in [0.05, 0.1) is 10.9 Å². The lowest BCUT2D eigenvalue weighted by atomic mass is 10.2. The molecule has 3 heterocycles. The van der Waals surface area contributed by atoms with Crippen molar-refractivity contribution in [2.45, 2.75) is 0 Å². The first-order valence-corrected chi connectivity index (χ1v) is 7.81. The number of amides is 1. The molecule has 0 radical (unpaired) electrons. The predicted molar refractivity (Wildman–Crippen MR) is 94.8 cm³/mol. The van der Waals surface area contributed by atoms with Crippen LogP contribution in [0.5, 0.6) is 11.5 Å².